The normalized spacial score (nSPS) is 12.3. The number of fused-ring (bicyclic) bond motifs is 1. The zero-order valence-electron chi connectivity index (χ0n) is 9.34. The van der Waals surface area contributed by atoms with Crippen molar-refractivity contribution in [3.63, 3.8) is 0 Å². The summed E-state index contributed by atoms with van der Waals surface area (Å²) in [5, 5.41) is 0. The van der Waals surface area contributed by atoms with Gasteiger partial charge in [0.05, 0.1) is 0 Å². The van der Waals surface area contributed by atoms with E-state index in [2.05, 4.69) is 43.7 Å². The van der Waals surface area contributed by atoms with Crippen molar-refractivity contribution < 1.29 is 26.4 Å². The van der Waals surface area contributed by atoms with Crippen LogP contribution in [0.3, 0.4) is 0 Å². The van der Waals surface area contributed by atoms with Crippen LogP contribution in [0.4, 0.5) is 6.18 Å². The van der Waals surface area contributed by atoms with E-state index in [4.69, 9.17) is 0 Å². The van der Waals surface area contributed by atoms with Crippen LogP contribution < -0.4 is 0 Å². The van der Waals surface area contributed by atoms with Gasteiger partial charge in [-0.1, -0.05) is 49.3 Å². The average molecular weight is 257 g/mol. The molecule has 1 aromatic carbocycles. The Morgan fingerprint density at radius 3 is 2.31 bits per heavy atom. The summed E-state index contributed by atoms with van der Waals surface area (Å²) >= 11 is -2.50. The van der Waals surface area contributed by atoms with Gasteiger partial charge in [0.1, 0.15) is 0 Å². The van der Waals surface area contributed by atoms with Gasteiger partial charge >= 0.3 is 26.4 Å². The molecular weight excluding hydrogens is 242 g/mol. The Kier molecular flexibility index (Phi) is 6.59. The molecule has 0 N–H and O–H groups in total. The summed E-state index contributed by atoms with van der Waals surface area (Å²) in [6.45, 7) is 2.24. The fourth-order valence-electron chi connectivity index (χ4n) is 1.74. The molecular formula is C13H15F2Ti. The number of halogens is 2. The zero-order chi connectivity index (χ0) is 11.8. The Bertz CT molecular complexity index is 348. The Morgan fingerprint density at radius 2 is 1.75 bits per heavy atom. The van der Waals surface area contributed by atoms with E-state index >= 15 is 0 Å². The maximum atomic E-state index is 9.75. The summed E-state index contributed by atoms with van der Waals surface area (Å²) in [4.78, 5) is 0. The Labute approximate surface area is 106 Å². The third-order valence-corrected chi connectivity index (χ3v) is 2.50. The fourth-order valence-corrected chi connectivity index (χ4v) is 1.74. The molecule has 1 aromatic rings. The molecule has 1 aliphatic carbocycles. The second kappa shape index (κ2) is 7.75. The van der Waals surface area contributed by atoms with Gasteiger partial charge in [0.2, 0.25) is 0 Å². The monoisotopic (exact) mass is 257 g/mol. The van der Waals surface area contributed by atoms with Gasteiger partial charge in [0.25, 0.3) is 0 Å². The van der Waals surface area contributed by atoms with Crippen LogP contribution >= 0.6 is 0 Å². The zero-order valence-corrected chi connectivity index (χ0v) is 10.9. The molecule has 0 heterocycles. The van der Waals surface area contributed by atoms with Gasteiger partial charge in [-0.05, 0) is 24.0 Å². The Balaban J connectivity index is 0.000000386. The van der Waals surface area contributed by atoms with Gasteiger partial charge in [-0.25, -0.2) is 0 Å². The van der Waals surface area contributed by atoms with Crippen LogP contribution in [0.5, 0.6) is 0 Å². The van der Waals surface area contributed by atoms with Gasteiger partial charge in [-0.15, -0.1) is 0 Å². The molecule has 0 saturated heterocycles. The molecule has 1 aliphatic rings. The van der Waals surface area contributed by atoms with E-state index in [0.29, 0.717) is 0 Å². The van der Waals surface area contributed by atoms with Crippen LogP contribution in [0.2, 0.25) is 0 Å². The summed E-state index contributed by atoms with van der Waals surface area (Å²) in [6.07, 6.45) is 8.43. The molecule has 2 rings (SSSR count). The second-order valence-corrected chi connectivity index (χ2v) is 3.89. The van der Waals surface area contributed by atoms with Gasteiger partial charge < -0.3 is 0 Å². The second-order valence-electron chi connectivity index (χ2n) is 3.67. The first-order chi connectivity index (χ1) is 7.81. The van der Waals surface area contributed by atoms with Crippen LogP contribution in [-0.4, -0.2) is 0 Å². The van der Waals surface area contributed by atoms with E-state index in [0.717, 1.165) is 0 Å². The van der Waals surface area contributed by atoms with Gasteiger partial charge in [-0.2, -0.15) is 0 Å². The number of hydrogen-bond acceptors (Lipinski definition) is 0. The molecule has 0 saturated carbocycles. The molecule has 1 radical (unpaired) electrons. The van der Waals surface area contributed by atoms with Crippen LogP contribution in [0.15, 0.2) is 29.8 Å². The molecule has 16 heavy (non-hydrogen) atoms. The summed E-state index contributed by atoms with van der Waals surface area (Å²) in [7, 11) is 0. The minimum atomic E-state index is -2.50. The number of unbranched alkanes of at least 4 members (excludes halogenated alkanes) is 1. The Morgan fingerprint density at radius 1 is 1.12 bits per heavy atom. The van der Waals surface area contributed by atoms with Crippen molar-refractivity contribution in [2.75, 3.05) is 0 Å². The van der Waals surface area contributed by atoms with E-state index in [1.165, 1.54) is 36.0 Å². The van der Waals surface area contributed by atoms with Crippen molar-refractivity contribution in [1.82, 2.24) is 0 Å². The number of rotatable bonds is 3. The molecule has 0 amide bonds. The SMILES string of the molecule is CCCCC1=Cc2ccccc2[CH]1.[F][Ti][F]. The van der Waals surface area contributed by atoms with Crippen molar-refractivity contribution in [3.05, 3.63) is 47.4 Å². The van der Waals surface area contributed by atoms with Crippen molar-refractivity contribution in [2.45, 2.75) is 26.2 Å². The topological polar surface area (TPSA) is 0 Å². The molecule has 0 fully saturated rings. The van der Waals surface area contributed by atoms with Gasteiger partial charge in [-0.3, -0.25) is 0 Å². The third-order valence-electron chi connectivity index (χ3n) is 2.50. The fraction of sp³-hybridized carbons (Fsp3) is 0.308. The maximum absolute atomic E-state index is 9.75. The van der Waals surface area contributed by atoms with Crippen molar-refractivity contribution in [3.8, 4) is 0 Å². The van der Waals surface area contributed by atoms with Crippen molar-refractivity contribution in [1.29, 1.82) is 0 Å². The van der Waals surface area contributed by atoms with Gasteiger partial charge in [0, 0.05) is 6.42 Å². The number of allylic oxidation sites excluding steroid dienone is 1. The van der Waals surface area contributed by atoms with E-state index < -0.39 is 20.2 Å². The van der Waals surface area contributed by atoms with Crippen LogP contribution in [0, 0.1) is 6.42 Å². The molecule has 85 valence electrons. The summed E-state index contributed by atoms with van der Waals surface area (Å²) in [6, 6.07) is 8.58. The van der Waals surface area contributed by atoms with E-state index in [9.17, 15) is 6.18 Å². The molecule has 0 aromatic heterocycles. The Hall–Kier alpha value is -0.466. The predicted octanol–water partition coefficient (Wildman–Crippen LogP) is 4.66. The molecule has 0 nitrogen and oxygen atoms in total. The third kappa shape index (κ3) is 4.19. The predicted molar refractivity (Wildman–Crippen MR) is 59.6 cm³/mol. The van der Waals surface area contributed by atoms with Crippen LogP contribution in [-0.2, 0) is 20.2 Å². The average Bonchev–Trinajstić information content (AvgIpc) is 2.70. The van der Waals surface area contributed by atoms with Crippen molar-refractivity contribution >= 4 is 6.08 Å². The first kappa shape index (κ1) is 13.6. The number of hydrogen-bond donors (Lipinski definition) is 0. The molecule has 0 unspecified atom stereocenters. The molecule has 0 bridgehead atoms. The summed E-state index contributed by atoms with van der Waals surface area (Å²) < 4.78 is 19.5. The summed E-state index contributed by atoms with van der Waals surface area (Å²) in [5.74, 6) is 0. The molecule has 0 atom stereocenters. The van der Waals surface area contributed by atoms with E-state index in [1.807, 2.05) is 0 Å². The van der Waals surface area contributed by atoms with E-state index in [1.54, 1.807) is 0 Å². The standard InChI is InChI=1S/C13H15.2FH.Ti/c1-2-3-6-11-9-12-7-4-5-8-13(12)10-11;;;/h4-5,7-10H,2-3,6H2,1H3;2*1H;/q;;;+2/p-2. The molecule has 3 heteroatoms. The van der Waals surface area contributed by atoms with Crippen LogP contribution in [0.25, 0.3) is 6.08 Å². The van der Waals surface area contributed by atoms with Crippen molar-refractivity contribution in [2.24, 2.45) is 0 Å². The van der Waals surface area contributed by atoms with Gasteiger partial charge in [0.15, 0.2) is 0 Å². The van der Waals surface area contributed by atoms with E-state index in [-0.39, 0.29) is 0 Å². The summed E-state index contributed by atoms with van der Waals surface area (Å²) in [5.41, 5.74) is 4.25. The minimum absolute atomic E-state index is 1.23. The first-order valence-electron chi connectivity index (χ1n) is 5.42. The first-order valence-corrected chi connectivity index (χ1v) is 6.60. The van der Waals surface area contributed by atoms with Crippen LogP contribution in [0.1, 0.15) is 37.3 Å². The molecule has 0 aliphatic heterocycles. The molecule has 0 spiro atoms. The quantitative estimate of drug-likeness (QED) is 0.690. The number of benzene rings is 1.